The molecule has 2 aliphatic rings. The van der Waals surface area contributed by atoms with Crippen LogP contribution in [0.25, 0.3) is 0 Å². The Hall–Kier alpha value is -2.62. The van der Waals surface area contributed by atoms with Crippen molar-refractivity contribution in [2.45, 2.75) is 39.0 Å². The summed E-state index contributed by atoms with van der Waals surface area (Å²) in [5.74, 6) is -0.892. The van der Waals surface area contributed by atoms with E-state index in [1.54, 1.807) is 11.0 Å². The number of hydrogen-bond acceptors (Lipinski definition) is 4. The first kappa shape index (κ1) is 24.0. The van der Waals surface area contributed by atoms with Crippen molar-refractivity contribution in [3.05, 3.63) is 35.4 Å². The molecule has 2 fully saturated rings. The van der Waals surface area contributed by atoms with Crippen LogP contribution in [-0.2, 0) is 27.1 Å². The van der Waals surface area contributed by atoms with Crippen molar-refractivity contribution in [3.8, 4) is 0 Å². The summed E-state index contributed by atoms with van der Waals surface area (Å²) in [7, 11) is 0. The Labute approximate surface area is 185 Å². The van der Waals surface area contributed by atoms with Gasteiger partial charge in [0, 0.05) is 51.7 Å². The van der Waals surface area contributed by atoms with Crippen LogP contribution in [0.3, 0.4) is 0 Å². The van der Waals surface area contributed by atoms with Crippen molar-refractivity contribution in [2.75, 3.05) is 39.3 Å². The minimum absolute atomic E-state index is 0.0469. The lowest BCUT2D eigenvalue weighted by Gasteiger charge is -2.35. The molecule has 7 nitrogen and oxygen atoms in total. The summed E-state index contributed by atoms with van der Waals surface area (Å²) in [5, 5.41) is 2.84. The highest BCUT2D eigenvalue weighted by Crippen LogP contribution is 2.30. The Morgan fingerprint density at radius 3 is 2.47 bits per heavy atom. The number of likely N-dealkylation sites (tertiary alicyclic amines) is 1. The fraction of sp³-hybridized carbons (Fsp3) is 0.591. The van der Waals surface area contributed by atoms with Gasteiger partial charge in [-0.25, -0.2) is 0 Å². The molecule has 0 aromatic heterocycles. The average Bonchev–Trinajstić information content (AvgIpc) is 3.07. The van der Waals surface area contributed by atoms with E-state index in [-0.39, 0.29) is 49.8 Å². The highest BCUT2D eigenvalue weighted by atomic mass is 19.4. The molecular formula is C22H29F3N4O3. The number of halogens is 3. The zero-order chi connectivity index (χ0) is 23.5. The number of carbonyl (C=O) groups excluding carboxylic acids is 3. The van der Waals surface area contributed by atoms with E-state index in [1.165, 1.54) is 11.0 Å². The smallest absolute Gasteiger partial charge is 0.353 e. The van der Waals surface area contributed by atoms with Crippen molar-refractivity contribution in [2.24, 2.45) is 5.92 Å². The molecule has 1 unspecified atom stereocenters. The molecule has 0 aliphatic carbocycles. The zero-order valence-electron chi connectivity index (χ0n) is 18.3. The highest BCUT2D eigenvalue weighted by molar-refractivity contribution is 5.89. The first-order valence-electron chi connectivity index (χ1n) is 10.8. The van der Waals surface area contributed by atoms with Crippen LogP contribution in [0, 0.1) is 5.92 Å². The van der Waals surface area contributed by atoms with E-state index in [0.717, 1.165) is 12.1 Å². The molecule has 1 atom stereocenters. The molecule has 3 rings (SSSR count). The number of piperazine rings is 1. The lowest BCUT2D eigenvalue weighted by molar-refractivity contribution is -0.138. The third-order valence-electron chi connectivity index (χ3n) is 5.69. The molecule has 2 saturated heterocycles. The number of benzene rings is 1. The van der Waals surface area contributed by atoms with Crippen molar-refractivity contribution in [1.82, 2.24) is 20.0 Å². The van der Waals surface area contributed by atoms with Gasteiger partial charge in [0.25, 0.3) is 0 Å². The van der Waals surface area contributed by atoms with Crippen LogP contribution in [0.4, 0.5) is 13.2 Å². The molecule has 2 aliphatic heterocycles. The molecule has 1 aromatic carbocycles. The minimum Gasteiger partial charge on any atom is -0.353 e. The summed E-state index contributed by atoms with van der Waals surface area (Å²) < 4.78 is 38.8. The van der Waals surface area contributed by atoms with Crippen molar-refractivity contribution in [1.29, 1.82) is 0 Å². The second-order valence-corrected chi connectivity index (χ2v) is 8.70. The minimum atomic E-state index is -4.44. The summed E-state index contributed by atoms with van der Waals surface area (Å²) in [6, 6.07) is 4.98. The predicted octanol–water partition coefficient (Wildman–Crippen LogP) is 1.72. The Bertz CT molecular complexity index is 851. The van der Waals surface area contributed by atoms with Gasteiger partial charge in [0.15, 0.2) is 0 Å². The van der Waals surface area contributed by atoms with E-state index in [1.807, 2.05) is 18.7 Å². The standard InChI is InChI=1S/C22H29F3N4O3/c1-15(2)26-19(30)14-27-6-8-28(9-7-27)21(32)17-11-20(31)29(13-17)12-16-4-3-5-18(10-16)22(23,24)25/h3-5,10,15,17H,6-9,11-14H2,1-2H3,(H,26,30). The third kappa shape index (κ3) is 6.21. The van der Waals surface area contributed by atoms with E-state index in [9.17, 15) is 27.6 Å². The summed E-state index contributed by atoms with van der Waals surface area (Å²) in [6.45, 7) is 6.43. The second kappa shape index (κ2) is 9.89. The molecule has 176 valence electrons. The summed E-state index contributed by atoms with van der Waals surface area (Å²) in [4.78, 5) is 42.4. The largest absolute Gasteiger partial charge is 0.416 e. The van der Waals surface area contributed by atoms with Crippen LogP contribution in [0.5, 0.6) is 0 Å². The summed E-state index contributed by atoms with van der Waals surface area (Å²) in [6.07, 6.45) is -4.38. The van der Waals surface area contributed by atoms with Crippen molar-refractivity contribution >= 4 is 17.7 Å². The topological polar surface area (TPSA) is 73.0 Å². The SMILES string of the molecule is CC(C)NC(=O)CN1CCN(C(=O)C2CC(=O)N(Cc3cccc(C(F)(F)F)c3)C2)CC1. The molecule has 10 heteroatoms. The molecule has 1 aromatic rings. The van der Waals surface area contributed by atoms with Gasteiger partial charge >= 0.3 is 6.18 Å². The van der Waals surface area contributed by atoms with Gasteiger partial charge in [0.2, 0.25) is 17.7 Å². The van der Waals surface area contributed by atoms with Crippen LogP contribution in [0.15, 0.2) is 24.3 Å². The van der Waals surface area contributed by atoms with E-state index in [2.05, 4.69) is 5.32 Å². The van der Waals surface area contributed by atoms with E-state index < -0.39 is 17.7 Å². The zero-order valence-corrected chi connectivity index (χ0v) is 18.3. The summed E-state index contributed by atoms with van der Waals surface area (Å²) >= 11 is 0. The normalized spacial score (nSPS) is 20.2. The molecule has 2 heterocycles. The third-order valence-corrected chi connectivity index (χ3v) is 5.69. The van der Waals surface area contributed by atoms with Gasteiger partial charge in [-0.05, 0) is 31.5 Å². The highest BCUT2D eigenvalue weighted by Gasteiger charge is 2.37. The molecule has 32 heavy (non-hydrogen) atoms. The maximum Gasteiger partial charge on any atom is 0.416 e. The van der Waals surface area contributed by atoms with Crippen molar-refractivity contribution < 1.29 is 27.6 Å². The molecule has 0 saturated carbocycles. The van der Waals surface area contributed by atoms with Gasteiger partial charge in [0.05, 0.1) is 18.0 Å². The van der Waals surface area contributed by atoms with Gasteiger partial charge in [-0.3, -0.25) is 19.3 Å². The number of alkyl halides is 3. The van der Waals surface area contributed by atoms with Crippen LogP contribution < -0.4 is 5.32 Å². The van der Waals surface area contributed by atoms with Crippen LogP contribution in [0.1, 0.15) is 31.4 Å². The Morgan fingerprint density at radius 1 is 1.16 bits per heavy atom. The van der Waals surface area contributed by atoms with Crippen LogP contribution in [0.2, 0.25) is 0 Å². The maximum atomic E-state index is 12.9. The molecule has 3 amide bonds. The fourth-order valence-corrected chi connectivity index (χ4v) is 4.11. The molecular weight excluding hydrogens is 425 g/mol. The second-order valence-electron chi connectivity index (χ2n) is 8.70. The molecule has 0 bridgehead atoms. The number of nitrogens with zero attached hydrogens (tertiary/aromatic N) is 3. The number of hydrogen-bond donors (Lipinski definition) is 1. The Balaban J connectivity index is 1.51. The van der Waals surface area contributed by atoms with E-state index in [4.69, 9.17) is 0 Å². The maximum absolute atomic E-state index is 12.9. The number of carbonyl (C=O) groups is 3. The summed E-state index contributed by atoms with van der Waals surface area (Å²) in [5.41, 5.74) is -0.371. The van der Waals surface area contributed by atoms with Crippen LogP contribution in [-0.4, -0.2) is 77.7 Å². The fourth-order valence-electron chi connectivity index (χ4n) is 4.11. The lowest BCUT2D eigenvalue weighted by Crippen LogP contribution is -2.52. The Morgan fingerprint density at radius 2 is 1.84 bits per heavy atom. The van der Waals surface area contributed by atoms with Crippen LogP contribution >= 0.6 is 0 Å². The number of nitrogens with one attached hydrogen (secondary N) is 1. The quantitative estimate of drug-likeness (QED) is 0.711. The first-order chi connectivity index (χ1) is 15.0. The predicted molar refractivity (Wildman–Crippen MR) is 111 cm³/mol. The van der Waals surface area contributed by atoms with Gasteiger partial charge < -0.3 is 15.1 Å². The van der Waals surface area contributed by atoms with Gasteiger partial charge in [0.1, 0.15) is 0 Å². The lowest BCUT2D eigenvalue weighted by atomic mass is 10.1. The molecule has 0 spiro atoms. The van der Waals surface area contributed by atoms with Gasteiger partial charge in [-0.1, -0.05) is 12.1 Å². The average molecular weight is 454 g/mol. The van der Waals surface area contributed by atoms with Gasteiger partial charge in [-0.15, -0.1) is 0 Å². The monoisotopic (exact) mass is 454 g/mol. The first-order valence-corrected chi connectivity index (χ1v) is 10.8. The van der Waals surface area contributed by atoms with E-state index >= 15 is 0 Å². The van der Waals surface area contributed by atoms with Gasteiger partial charge in [-0.2, -0.15) is 13.2 Å². The molecule has 0 radical (unpaired) electrons. The van der Waals surface area contributed by atoms with E-state index in [0.29, 0.717) is 31.7 Å². The molecule has 1 N–H and O–H groups in total. The number of amides is 3. The van der Waals surface area contributed by atoms with Crippen molar-refractivity contribution in [3.63, 3.8) is 0 Å². The Kier molecular flexibility index (Phi) is 7.43. The number of rotatable bonds is 6.